The van der Waals surface area contributed by atoms with Crippen LogP contribution < -0.4 is 0 Å². The molecule has 0 saturated heterocycles. The van der Waals surface area contributed by atoms with Gasteiger partial charge in [0.2, 0.25) is 0 Å². The molecule has 6 aromatic carbocycles. The summed E-state index contributed by atoms with van der Waals surface area (Å²) in [4.78, 5) is 29.1. The van der Waals surface area contributed by atoms with Crippen molar-refractivity contribution in [3.05, 3.63) is 94.5 Å². The first-order valence-electron chi connectivity index (χ1n) is 12.5. The Morgan fingerprint density at radius 2 is 1.27 bits per heavy atom. The summed E-state index contributed by atoms with van der Waals surface area (Å²) in [6.45, 7) is 6.52. The third kappa shape index (κ3) is 3.32. The van der Waals surface area contributed by atoms with Crippen LogP contribution in [0.4, 0.5) is 0 Å². The molecule has 7 rings (SSSR count). The Balaban J connectivity index is 1.62. The van der Waals surface area contributed by atoms with E-state index in [1.807, 2.05) is 18.2 Å². The molecule has 6 aromatic rings. The molecule has 0 saturated carbocycles. The maximum absolute atomic E-state index is 14.1. The van der Waals surface area contributed by atoms with E-state index >= 15 is 0 Å². The van der Waals surface area contributed by atoms with Crippen LogP contribution in [0.1, 0.15) is 41.5 Å². The summed E-state index contributed by atoms with van der Waals surface area (Å²) in [5, 5.41) is 10.4. The van der Waals surface area contributed by atoms with Gasteiger partial charge in [0, 0.05) is 27.4 Å². The zero-order valence-electron chi connectivity index (χ0n) is 20.9. The number of hydrogen-bond donors (Lipinski definition) is 0. The average molecular weight is 546 g/mol. The number of carbonyl (C=O) groups excluding carboxylic acids is 2. The highest BCUT2D eigenvalue weighted by Crippen LogP contribution is 2.41. The van der Waals surface area contributed by atoms with E-state index in [9.17, 15) is 9.59 Å². The number of fused-ring (bicyclic) bond motifs is 7. The van der Waals surface area contributed by atoms with Crippen LogP contribution in [-0.4, -0.2) is 23.3 Å². The second kappa shape index (κ2) is 7.62. The van der Waals surface area contributed by atoms with E-state index in [2.05, 4.69) is 97.4 Å². The average Bonchev–Trinajstić information content (AvgIpc) is 2.87. The lowest BCUT2D eigenvalue weighted by atomic mass is 9.85. The van der Waals surface area contributed by atoms with Gasteiger partial charge in [-0.2, -0.15) is 0 Å². The minimum Gasteiger partial charge on any atom is -0.274 e. The quantitative estimate of drug-likeness (QED) is 0.117. The Morgan fingerprint density at radius 1 is 0.649 bits per heavy atom. The molecule has 1 heterocycles. The number of imide groups is 1. The highest BCUT2D eigenvalue weighted by Gasteiger charge is 2.36. The summed E-state index contributed by atoms with van der Waals surface area (Å²) in [6, 6.07) is 27.2. The first-order chi connectivity index (χ1) is 17.7. The monoisotopic (exact) mass is 545 g/mol. The molecule has 0 N–H and O–H groups in total. The van der Waals surface area contributed by atoms with Crippen molar-refractivity contribution >= 4 is 81.6 Å². The molecular weight excluding hydrogens is 522 g/mol. The number of amides is 2. The van der Waals surface area contributed by atoms with E-state index < -0.39 is 0 Å². The summed E-state index contributed by atoms with van der Waals surface area (Å²) in [6.07, 6.45) is 0. The fraction of sp³-hybridized carbons (Fsp3) is 0.152. The Hall–Kier alpha value is -3.76. The van der Waals surface area contributed by atoms with Crippen LogP contribution in [0.25, 0.3) is 53.9 Å². The second-order valence-electron chi connectivity index (χ2n) is 11.3. The summed E-state index contributed by atoms with van der Waals surface area (Å²) in [7, 11) is 0. The topological polar surface area (TPSA) is 37.4 Å². The Morgan fingerprint density at radius 3 is 2.05 bits per heavy atom. The summed E-state index contributed by atoms with van der Waals surface area (Å²) in [5.74, 6) is -0.413. The molecule has 180 valence electrons. The zero-order valence-corrected chi connectivity index (χ0v) is 22.4. The molecule has 0 aromatic heterocycles. The maximum atomic E-state index is 14.1. The van der Waals surface area contributed by atoms with Gasteiger partial charge in [0.05, 0.1) is 5.56 Å². The number of nitrogens with zero attached hydrogens (tertiary/aromatic N) is 1. The summed E-state index contributed by atoms with van der Waals surface area (Å²) in [5.41, 5.74) is 1.03. The van der Waals surface area contributed by atoms with E-state index in [-0.39, 0.29) is 17.2 Å². The van der Waals surface area contributed by atoms with Crippen molar-refractivity contribution in [1.29, 1.82) is 0 Å². The van der Waals surface area contributed by atoms with E-state index in [1.54, 1.807) is 0 Å². The molecular formula is C33H24BrNO2. The third-order valence-electron chi connectivity index (χ3n) is 7.44. The van der Waals surface area contributed by atoms with Gasteiger partial charge < -0.3 is 0 Å². The van der Waals surface area contributed by atoms with Crippen LogP contribution >= 0.6 is 15.9 Å². The lowest BCUT2D eigenvalue weighted by Crippen LogP contribution is -2.44. The largest absolute Gasteiger partial charge is 0.274 e. The van der Waals surface area contributed by atoms with Crippen LogP contribution in [0.5, 0.6) is 0 Å². The van der Waals surface area contributed by atoms with E-state index in [0.29, 0.717) is 17.7 Å². The van der Waals surface area contributed by atoms with Gasteiger partial charge in [-0.1, -0.05) is 79.2 Å². The SMILES string of the molecule is CC(C)(C)CN1C(=O)c2cccc3cc4ccc5cc6c(ccc7ccc(Br)cc76)cc5c4c(c23)C1=O. The molecule has 3 nitrogen and oxygen atoms in total. The van der Waals surface area contributed by atoms with Crippen LogP contribution in [0.2, 0.25) is 0 Å². The molecule has 0 atom stereocenters. The van der Waals surface area contributed by atoms with Crippen molar-refractivity contribution in [3.8, 4) is 0 Å². The van der Waals surface area contributed by atoms with E-state index in [1.165, 1.54) is 21.1 Å². The fourth-order valence-electron chi connectivity index (χ4n) is 5.91. The van der Waals surface area contributed by atoms with Gasteiger partial charge in [-0.05, 0) is 84.9 Å². The van der Waals surface area contributed by atoms with Gasteiger partial charge in [-0.25, -0.2) is 0 Å². The van der Waals surface area contributed by atoms with Crippen molar-refractivity contribution in [3.63, 3.8) is 0 Å². The first kappa shape index (κ1) is 22.4. The standard InChI is InChI=1S/C33H24BrNO2/c1-33(2,3)17-35-31(36)24-6-4-5-21-13-22-10-9-20-14-25-19(8-7-18-11-12-23(34)16-26(18)25)15-27(20)29(22)30(28(21)24)32(35)37/h4-16H,17H2,1-3H3. The first-order valence-corrected chi connectivity index (χ1v) is 13.3. The molecule has 0 fully saturated rings. The van der Waals surface area contributed by atoms with Crippen LogP contribution in [0.15, 0.2) is 83.3 Å². The number of carbonyl (C=O) groups is 2. The highest BCUT2D eigenvalue weighted by molar-refractivity contribution is 9.10. The fourth-order valence-corrected chi connectivity index (χ4v) is 6.27. The maximum Gasteiger partial charge on any atom is 0.262 e. The van der Waals surface area contributed by atoms with Gasteiger partial charge >= 0.3 is 0 Å². The highest BCUT2D eigenvalue weighted by atomic mass is 79.9. The Bertz CT molecular complexity index is 2000. The molecule has 1 aliphatic rings. The van der Waals surface area contributed by atoms with Gasteiger partial charge in [0.1, 0.15) is 0 Å². The number of halogens is 1. The van der Waals surface area contributed by atoms with Crippen LogP contribution in [0, 0.1) is 5.41 Å². The molecule has 1 aliphatic heterocycles. The molecule has 0 bridgehead atoms. The number of hydrogen-bond acceptors (Lipinski definition) is 2. The molecule has 37 heavy (non-hydrogen) atoms. The van der Waals surface area contributed by atoms with E-state index in [4.69, 9.17) is 0 Å². The predicted molar refractivity (Wildman–Crippen MR) is 156 cm³/mol. The minimum atomic E-state index is -0.213. The molecule has 4 heteroatoms. The lowest BCUT2D eigenvalue weighted by molar-refractivity contribution is 0.0557. The summed E-state index contributed by atoms with van der Waals surface area (Å²) >= 11 is 3.62. The van der Waals surface area contributed by atoms with Crippen LogP contribution in [0.3, 0.4) is 0 Å². The second-order valence-corrected chi connectivity index (χ2v) is 12.2. The number of benzene rings is 6. The summed E-state index contributed by atoms with van der Waals surface area (Å²) < 4.78 is 1.05. The van der Waals surface area contributed by atoms with Gasteiger partial charge in [-0.3, -0.25) is 14.5 Å². The van der Waals surface area contributed by atoms with Gasteiger partial charge in [0.15, 0.2) is 0 Å². The lowest BCUT2D eigenvalue weighted by Gasteiger charge is -2.33. The predicted octanol–water partition coefficient (Wildman–Crippen LogP) is 8.86. The minimum absolute atomic E-state index is 0.204. The van der Waals surface area contributed by atoms with Crippen LogP contribution in [-0.2, 0) is 0 Å². The smallest absolute Gasteiger partial charge is 0.262 e. The Labute approximate surface area is 222 Å². The van der Waals surface area contributed by atoms with Gasteiger partial charge in [0.25, 0.3) is 11.8 Å². The normalized spacial score (nSPS) is 14.1. The van der Waals surface area contributed by atoms with Crippen molar-refractivity contribution in [2.45, 2.75) is 20.8 Å². The molecule has 0 aliphatic carbocycles. The molecule has 0 spiro atoms. The number of rotatable bonds is 1. The molecule has 0 radical (unpaired) electrons. The molecule has 0 unspecified atom stereocenters. The van der Waals surface area contributed by atoms with Crippen molar-refractivity contribution < 1.29 is 9.59 Å². The van der Waals surface area contributed by atoms with Crippen molar-refractivity contribution in [1.82, 2.24) is 4.90 Å². The third-order valence-corrected chi connectivity index (χ3v) is 7.94. The van der Waals surface area contributed by atoms with E-state index in [0.717, 1.165) is 42.2 Å². The van der Waals surface area contributed by atoms with Gasteiger partial charge in [-0.15, -0.1) is 0 Å². The zero-order chi connectivity index (χ0) is 25.6. The van der Waals surface area contributed by atoms with Crippen molar-refractivity contribution in [2.24, 2.45) is 5.41 Å². The van der Waals surface area contributed by atoms with Crippen molar-refractivity contribution in [2.75, 3.05) is 6.54 Å². The Kier molecular flexibility index (Phi) is 4.62. The molecule has 2 amide bonds.